The number of hydrogen-bond acceptors (Lipinski definition) is 4. The van der Waals surface area contributed by atoms with Gasteiger partial charge in [-0.05, 0) is 20.8 Å². The number of nitrogens with one attached hydrogen (secondary N) is 1. The van der Waals surface area contributed by atoms with Gasteiger partial charge in [0.15, 0.2) is 0 Å². The van der Waals surface area contributed by atoms with Gasteiger partial charge in [-0.15, -0.1) is 0 Å². The van der Waals surface area contributed by atoms with E-state index in [4.69, 9.17) is 10.6 Å². The number of oxime groups is 1. The summed E-state index contributed by atoms with van der Waals surface area (Å²) in [5.74, 6) is 0.349. The first-order valence-electron chi connectivity index (χ1n) is 4.68. The molecule has 0 aromatic rings. The molecule has 0 aliphatic carbocycles. The smallest absolute Gasteiger partial charge is 0.129 e. The van der Waals surface area contributed by atoms with Gasteiger partial charge in [0.05, 0.1) is 5.71 Å². The number of hydrogen-bond donors (Lipinski definition) is 2. The fourth-order valence-electron chi connectivity index (χ4n) is 1.16. The van der Waals surface area contributed by atoms with Crippen LogP contribution in [0.15, 0.2) is 5.16 Å². The van der Waals surface area contributed by atoms with E-state index in [1.807, 2.05) is 20.8 Å². The second-order valence-corrected chi connectivity index (χ2v) is 4.35. The molecule has 0 aromatic heterocycles. The molecule has 0 spiro atoms. The Bertz CT molecular complexity index is 196. The van der Waals surface area contributed by atoms with Crippen molar-refractivity contribution in [1.29, 1.82) is 0 Å². The van der Waals surface area contributed by atoms with Crippen LogP contribution < -0.4 is 11.1 Å². The molecule has 0 aromatic carbocycles. The van der Waals surface area contributed by atoms with Gasteiger partial charge in [0.1, 0.15) is 5.60 Å². The number of nitrogens with two attached hydrogens (primary N) is 1. The Morgan fingerprint density at radius 1 is 1.62 bits per heavy atom. The van der Waals surface area contributed by atoms with Gasteiger partial charge in [-0.3, -0.25) is 0 Å². The third kappa shape index (κ3) is 3.32. The highest BCUT2D eigenvalue weighted by molar-refractivity contribution is 5.90. The lowest BCUT2D eigenvalue weighted by molar-refractivity contribution is 0.000170. The molecule has 4 nitrogen and oxygen atoms in total. The predicted octanol–water partition coefficient (Wildman–Crippen LogP) is 0.336. The molecule has 1 aliphatic heterocycles. The van der Waals surface area contributed by atoms with E-state index in [0.717, 1.165) is 18.8 Å². The topological polar surface area (TPSA) is 59.6 Å². The molecule has 76 valence electrons. The zero-order valence-corrected chi connectivity index (χ0v) is 8.63. The minimum atomic E-state index is -0.214. The monoisotopic (exact) mass is 185 g/mol. The quantitative estimate of drug-likeness (QED) is 0.610. The maximum atomic E-state index is 5.59. The van der Waals surface area contributed by atoms with Gasteiger partial charge in [-0.2, -0.15) is 0 Å². The number of rotatable bonds is 2. The van der Waals surface area contributed by atoms with Crippen LogP contribution in [-0.2, 0) is 4.84 Å². The van der Waals surface area contributed by atoms with Crippen LogP contribution in [0.1, 0.15) is 20.8 Å². The first-order chi connectivity index (χ1) is 6.03. The van der Waals surface area contributed by atoms with Gasteiger partial charge in [-0.1, -0.05) is 5.16 Å². The van der Waals surface area contributed by atoms with Crippen molar-refractivity contribution in [2.75, 3.05) is 19.6 Å². The Hall–Kier alpha value is -0.610. The van der Waals surface area contributed by atoms with Crippen LogP contribution in [0.4, 0.5) is 0 Å². The molecule has 1 fully saturated rings. The highest BCUT2D eigenvalue weighted by atomic mass is 16.6. The first kappa shape index (κ1) is 10.5. The van der Waals surface area contributed by atoms with E-state index in [1.54, 1.807) is 0 Å². The highest BCUT2D eigenvalue weighted by Gasteiger charge is 2.22. The minimum absolute atomic E-state index is 0.214. The zero-order chi connectivity index (χ0) is 9.90. The summed E-state index contributed by atoms with van der Waals surface area (Å²) >= 11 is 0. The van der Waals surface area contributed by atoms with Crippen LogP contribution in [0.25, 0.3) is 0 Å². The summed E-state index contributed by atoms with van der Waals surface area (Å²) in [5, 5.41) is 7.34. The molecule has 1 rings (SSSR count). The standard InChI is InChI=1S/C9H19N3O/c1-9(2,3)13-12-8-6-11-5-7(8)4-10/h7,11H,4-6,10H2,1-3H3. The van der Waals surface area contributed by atoms with E-state index in [9.17, 15) is 0 Å². The third-order valence-electron chi connectivity index (χ3n) is 1.89. The Morgan fingerprint density at radius 2 is 2.31 bits per heavy atom. The lowest BCUT2D eigenvalue weighted by atomic mass is 10.1. The summed E-state index contributed by atoms with van der Waals surface area (Å²) in [6.45, 7) is 8.31. The summed E-state index contributed by atoms with van der Waals surface area (Å²) in [5.41, 5.74) is 6.41. The molecule has 1 saturated heterocycles. The summed E-state index contributed by atoms with van der Waals surface area (Å²) in [6.07, 6.45) is 0. The number of nitrogens with zero attached hydrogens (tertiary/aromatic N) is 1. The minimum Gasteiger partial charge on any atom is -0.390 e. The van der Waals surface area contributed by atoms with Crippen molar-refractivity contribution in [3.8, 4) is 0 Å². The van der Waals surface area contributed by atoms with Crippen molar-refractivity contribution in [3.05, 3.63) is 0 Å². The molecular weight excluding hydrogens is 166 g/mol. The van der Waals surface area contributed by atoms with Gasteiger partial charge in [-0.25, -0.2) is 0 Å². The summed E-state index contributed by atoms with van der Waals surface area (Å²) in [4.78, 5) is 5.34. The fraction of sp³-hybridized carbons (Fsp3) is 0.889. The molecular formula is C9H19N3O. The average molecular weight is 185 g/mol. The van der Waals surface area contributed by atoms with Crippen molar-refractivity contribution in [2.45, 2.75) is 26.4 Å². The molecule has 1 heterocycles. The van der Waals surface area contributed by atoms with Crippen molar-refractivity contribution >= 4 is 5.71 Å². The van der Waals surface area contributed by atoms with Gasteiger partial charge in [0.25, 0.3) is 0 Å². The predicted molar refractivity (Wildman–Crippen MR) is 53.7 cm³/mol. The summed E-state index contributed by atoms with van der Waals surface area (Å²) in [6, 6.07) is 0. The molecule has 0 radical (unpaired) electrons. The molecule has 1 atom stereocenters. The van der Waals surface area contributed by atoms with E-state index in [1.165, 1.54) is 0 Å². The molecule has 0 bridgehead atoms. The third-order valence-corrected chi connectivity index (χ3v) is 1.89. The van der Waals surface area contributed by atoms with E-state index in [2.05, 4.69) is 10.5 Å². The Labute approximate surface area is 79.5 Å². The van der Waals surface area contributed by atoms with Crippen molar-refractivity contribution < 1.29 is 4.84 Å². The SMILES string of the molecule is CC(C)(C)ON=C1CNCC1CN. The fourth-order valence-corrected chi connectivity index (χ4v) is 1.16. The van der Waals surface area contributed by atoms with E-state index in [0.29, 0.717) is 12.5 Å². The van der Waals surface area contributed by atoms with Crippen LogP contribution in [0.2, 0.25) is 0 Å². The summed E-state index contributed by atoms with van der Waals surface area (Å²) < 4.78 is 0. The maximum Gasteiger partial charge on any atom is 0.129 e. The Morgan fingerprint density at radius 3 is 2.85 bits per heavy atom. The van der Waals surface area contributed by atoms with Gasteiger partial charge < -0.3 is 15.9 Å². The van der Waals surface area contributed by atoms with E-state index >= 15 is 0 Å². The molecule has 3 N–H and O–H groups in total. The lowest BCUT2D eigenvalue weighted by Crippen LogP contribution is -2.24. The lowest BCUT2D eigenvalue weighted by Gasteiger charge is -2.17. The van der Waals surface area contributed by atoms with Crippen molar-refractivity contribution in [3.63, 3.8) is 0 Å². The molecule has 1 aliphatic rings. The first-order valence-corrected chi connectivity index (χ1v) is 4.68. The highest BCUT2D eigenvalue weighted by Crippen LogP contribution is 2.10. The largest absolute Gasteiger partial charge is 0.390 e. The van der Waals surface area contributed by atoms with Crippen LogP contribution in [-0.4, -0.2) is 30.9 Å². The van der Waals surface area contributed by atoms with Crippen LogP contribution >= 0.6 is 0 Å². The Kier molecular flexibility index (Phi) is 3.27. The maximum absolute atomic E-state index is 5.59. The second-order valence-electron chi connectivity index (χ2n) is 4.35. The van der Waals surface area contributed by atoms with Crippen LogP contribution in [0.5, 0.6) is 0 Å². The molecule has 0 saturated carbocycles. The van der Waals surface area contributed by atoms with E-state index < -0.39 is 0 Å². The second kappa shape index (κ2) is 4.07. The zero-order valence-electron chi connectivity index (χ0n) is 8.63. The van der Waals surface area contributed by atoms with E-state index in [-0.39, 0.29) is 5.60 Å². The average Bonchev–Trinajstić information content (AvgIpc) is 2.46. The normalized spacial score (nSPS) is 26.8. The summed E-state index contributed by atoms with van der Waals surface area (Å²) in [7, 11) is 0. The van der Waals surface area contributed by atoms with Crippen molar-refractivity contribution in [1.82, 2.24) is 5.32 Å². The van der Waals surface area contributed by atoms with Gasteiger partial charge >= 0.3 is 0 Å². The molecule has 0 amide bonds. The van der Waals surface area contributed by atoms with Crippen LogP contribution in [0.3, 0.4) is 0 Å². The molecule has 13 heavy (non-hydrogen) atoms. The van der Waals surface area contributed by atoms with Crippen molar-refractivity contribution in [2.24, 2.45) is 16.8 Å². The Balaban J connectivity index is 2.50. The molecule has 1 unspecified atom stereocenters. The van der Waals surface area contributed by atoms with Gasteiger partial charge in [0.2, 0.25) is 0 Å². The van der Waals surface area contributed by atoms with Gasteiger partial charge in [0, 0.05) is 25.6 Å². The molecule has 4 heteroatoms. The van der Waals surface area contributed by atoms with Crippen LogP contribution in [0, 0.1) is 5.92 Å².